The molecule has 2 heterocycles. The number of anilines is 3. The van der Waals surface area contributed by atoms with Gasteiger partial charge in [0, 0.05) is 43.2 Å². The Morgan fingerprint density at radius 1 is 0.833 bits per heavy atom. The Morgan fingerprint density at radius 2 is 1.43 bits per heavy atom. The number of rotatable bonds is 5. The summed E-state index contributed by atoms with van der Waals surface area (Å²) >= 11 is 0. The van der Waals surface area contributed by atoms with Crippen LogP contribution in [0.15, 0.2) is 42.5 Å². The molecular weight excluding hydrogens is 376 g/mol. The first-order chi connectivity index (χ1) is 14.6. The third-order valence-corrected chi connectivity index (χ3v) is 5.94. The Hall–Kier alpha value is -3.02. The van der Waals surface area contributed by atoms with Crippen molar-refractivity contribution in [3.05, 3.63) is 53.6 Å². The van der Waals surface area contributed by atoms with Crippen molar-refractivity contribution in [3.63, 3.8) is 0 Å². The molecule has 30 heavy (non-hydrogen) atoms. The van der Waals surface area contributed by atoms with E-state index in [0.717, 1.165) is 69.7 Å². The van der Waals surface area contributed by atoms with Crippen LogP contribution in [0.5, 0.6) is 0 Å². The number of amides is 3. The molecule has 2 N–H and O–H groups in total. The summed E-state index contributed by atoms with van der Waals surface area (Å²) < 4.78 is 0. The first kappa shape index (κ1) is 20.3. The lowest BCUT2D eigenvalue weighted by atomic mass is 10.1. The minimum atomic E-state index is -0.312. The summed E-state index contributed by atoms with van der Waals surface area (Å²) in [6, 6.07) is 13.2. The molecule has 6 nitrogen and oxygen atoms in total. The second-order valence-electron chi connectivity index (χ2n) is 8.05. The maximum Gasteiger partial charge on any atom is 0.323 e. The Morgan fingerprint density at radius 3 is 2.10 bits per heavy atom. The summed E-state index contributed by atoms with van der Waals surface area (Å²) in [5, 5.41) is 5.74. The van der Waals surface area contributed by atoms with E-state index in [0.29, 0.717) is 11.3 Å². The Bertz CT molecular complexity index is 898. The van der Waals surface area contributed by atoms with Crippen LogP contribution in [-0.4, -0.2) is 43.0 Å². The lowest BCUT2D eigenvalue weighted by molar-refractivity contribution is 0.0793. The van der Waals surface area contributed by atoms with E-state index >= 15 is 0 Å². The highest BCUT2D eigenvalue weighted by Gasteiger charge is 2.25. The number of carbonyl (C=O) groups excluding carboxylic acids is 2. The van der Waals surface area contributed by atoms with E-state index in [1.54, 1.807) is 0 Å². The SMILES string of the molecule is CCc1ccc(NC(=O)Nc2ccc(N3CCCC3)c(C(=O)N3CCCC3)c2)cc1. The van der Waals surface area contributed by atoms with Gasteiger partial charge in [-0.1, -0.05) is 19.1 Å². The van der Waals surface area contributed by atoms with Crippen molar-refractivity contribution in [1.82, 2.24) is 4.90 Å². The number of aryl methyl sites for hydroxylation is 1. The largest absolute Gasteiger partial charge is 0.371 e. The Balaban J connectivity index is 1.51. The van der Waals surface area contributed by atoms with Gasteiger partial charge in [0.2, 0.25) is 0 Å². The van der Waals surface area contributed by atoms with E-state index in [1.165, 1.54) is 5.56 Å². The highest BCUT2D eigenvalue weighted by Crippen LogP contribution is 2.29. The molecule has 6 heteroatoms. The summed E-state index contributed by atoms with van der Waals surface area (Å²) in [6.07, 6.45) is 5.38. The molecule has 0 unspecified atom stereocenters. The average molecular weight is 407 g/mol. The summed E-state index contributed by atoms with van der Waals surface area (Å²) in [5.41, 5.74) is 4.26. The van der Waals surface area contributed by atoms with Gasteiger partial charge in [0.1, 0.15) is 0 Å². The normalized spacial score (nSPS) is 16.0. The van der Waals surface area contributed by atoms with E-state index in [-0.39, 0.29) is 11.9 Å². The van der Waals surface area contributed by atoms with Gasteiger partial charge >= 0.3 is 6.03 Å². The molecule has 2 aliphatic heterocycles. The third-order valence-electron chi connectivity index (χ3n) is 5.94. The topological polar surface area (TPSA) is 64.7 Å². The van der Waals surface area contributed by atoms with Crippen LogP contribution in [0.2, 0.25) is 0 Å². The van der Waals surface area contributed by atoms with Crippen LogP contribution in [0.25, 0.3) is 0 Å². The van der Waals surface area contributed by atoms with Gasteiger partial charge in [-0.3, -0.25) is 4.79 Å². The minimum absolute atomic E-state index is 0.0635. The fourth-order valence-electron chi connectivity index (χ4n) is 4.23. The van der Waals surface area contributed by atoms with Gasteiger partial charge in [-0.05, 0) is 68.0 Å². The van der Waals surface area contributed by atoms with E-state index in [4.69, 9.17) is 0 Å². The van der Waals surface area contributed by atoms with Gasteiger partial charge < -0.3 is 20.4 Å². The van der Waals surface area contributed by atoms with Crippen molar-refractivity contribution >= 4 is 29.0 Å². The fourth-order valence-corrected chi connectivity index (χ4v) is 4.23. The van der Waals surface area contributed by atoms with Crippen molar-refractivity contribution in [3.8, 4) is 0 Å². The zero-order chi connectivity index (χ0) is 20.9. The van der Waals surface area contributed by atoms with Crippen molar-refractivity contribution in [2.45, 2.75) is 39.0 Å². The molecule has 158 valence electrons. The van der Waals surface area contributed by atoms with Crippen molar-refractivity contribution in [2.75, 3.05) is 41.7 Å². The average Bonchev–Trinajstić information content (AvgIpc) is 3.48. The Labute approximate surface area is 178 Å². The zero-order valence-electron chi connectivity index (χ0n) is 17.6. The zero-order valence-corrected chi connectivity index (χ0v) is 17.6. The molecule has 2 aromatic rings. The predicted molar refractivity (Wildman–Crippen MR) is 121 cm³/mol. The van der Waals surface area contributed by atoms with Crippen LogP contribution in [0.3, 0.4) is 0 Å². The van der Waals surface area contributed by atoms with Crippen molar-refractivity contribution < 1.29 is 9.59 Å². The van der Waals surface area contributed by atoms with Crippen LogP contribution in [0.4, 0.5) is 21.9 Å². The molecule has 2 fully saturated rings. The number of likely N-dealkylation sites (tertiary alicyclic amines) is 1. The predicted octanol–water partition coefficient (Wildman–Crippen LogP) is 4.73. The van der Waals surface area contributed by atoms with Crippen LogP contribution < -0.4 is 15.5 Å². The minimum Gasteiger partial charge on any atom is -0.371 e. The lowest BCUT2D eigenvalue weighted by Gasteiger charge is -2.24. The molecule has 0 radical (unpaired) electrons. The molecule has 2 aliphatic rings. The second kappa shape index (κ2) is 9.20. The first-order valence-electron chi connectivity index (χ1n) is 11.0. The van der Waals surface area contributed by atoms with Gasteiger partial charge in [-0.15, -0.1) is 0 Å². The van der Waals surface area contributed by atoms with E-state index < -0.39 is 0 Å². The highest BCUT2D eigenvalue weighted by molar-refractivity contribution is 6.04. The molecule has 0 saturated carbocycles. The summed E-state index contributed by atoms with van der Waals surface area (Å²) in [6.45, 7) is 5.67. The second-order valence-corrected chi connectivity index (χ2v) is 8.05. The molecule has 4 rings (SSSR count). The lowest BCUT2D eigenvalue weighted by Crippen LogP contribution is -2.30. The van der Waals surface area contributed by atoms with Gasteiger partial charge in [-0.2, -0.15) is 0 Å². The molecule has 0 spiro atoms. The van der Waals surface area contributed by atoms with Crippen molar-refractivity contribution in [1.29, 1.82) is 0 Å². The maximum absolute atomic E-state index is 13.2. The van der Waals surface area contributed by atoms with Crippen LogP contribution >= 0.6 is 0 Å². The number of urea groups is 1. The number of hydrogen-bond acceptors (Lipinski definition) is 3. The number of carbonyl (C=O) groups is 2. The first-order valence-corrected chi connectivity index (χ1v) is 11.0. The van der Waals surface area contributed by atoms with Gasteiger partial charge in [0.15, 0.2) is 0 Å². The molecule has 0 aromatic heterocycles. The quantitative estimate of drug-likeness (QED) is 0.754. The standard InChI is InChI=1S/C24H30N4O2/c1-2-18-7-9-19(10-8-18)25-24(30)26-20-11-12-22(27-13-3-4-14-27)21(17-20)23(29)28-15-5-6-16-28/h7-12,17H,2-6,13-16H2,1H3,(H2,25,26,30). The molecule has 0 aliphatic carbocycles. The maximum atomic E-state index is 13.2. The van der Waals surface area contributed by atoms with Crippen LogP contribution in [0.1, 0.15) is 48.5 Å². The molecular formula is C24H30N4O2. The van der Waals surface area contributed by atoms with Gasteiger partial charge in [-0.25, -0.2) is 4.79 Å². The van der Waals surface area contributed by atoms with Gasteiger partial charge in [0.25, 0.3) is 5.91 Å². The summed E-state index contributed by atoms with van der Waals surface area (Å²) in [5.74, 6) is 0.0635. The van der Waals surface area contributed by atoms with Gasteiger partial charge in [0.05, 0.1) is 5.56 Å². The smallest absolute Gasteiger partial charge is 0.323 e. The van der Waals surface area contributed by atoms with E-state index in [1.807, 2.05) is 47.4 Å². The number of benzene rings is 2. The van der Waals surface area contributed by atoms with E-state index in [9.17, 15) is 9.59 Å². The number of nitrogens with zero attached hydrogens (tertiary/aromatic N) is 2. The number of hydrogen-bond donors (Lipinski definition) is 2. The van der Waals surface area contributed by atoms with Crippen molar-refractivity contribution in [2.24, 2.45) is 0 Å². The third kappa shape index (κ3) is 4.58. The molecule has 2 aromatic carbocycles. The fraction of sp³-hybridized carbons (Fsp3) is 0.417. The highest BCUT2D eigenvalue weighted by atomic mass is 16.2. The Kier molecular flexibility index (Phi) is 6.21. The molecule has 3 amide bonds. The number of nitrogens with one attached hydrogen (secondary N) is 2. The monoisotopic (exact) mass is 406 g/mol. The van der Waals surface area contributed by atoms with Crippen LogP contribution in [-0.2, 0) is 6.42 Å². The van der Waals surface area contributed by atoms with E-state index in [2.05, 4.69) is 22.5 Å². The van der Waals surface area contributed by atoms with Crippen LogP contribution in [0, 0.1) is 0 Å². The molecule has 2 saturated heterocycles. The molecule has 0 atom stereocenters. The molecule has 0 bridgehead atoms. The summed E-state index contributed by atoms with van der Waals surface area (Å²) in [7, 11) is 0. The summed E-state index contributed by atoms with van der Waals surface area (Å²) in [4.78, 5) is 29.9.